The third-order valence-electron chi connectivity index (χ3n) is 2.68. The lowest BCUT2D eigenvalue weighted by Crippen LogP contribution is -2.30. The van der Waals surface area contributed by atoms with Gasteiger partial charge in [0.05, 0.1) is 11.8 Å². The first kappa shape index (κ1) is 14.6. The Labute approximate surface area is 122 Å². The van der Waals surface area contributed by atoms with Crippen molar-refractivity contribution in [2.75, 3.05) is 0 Å². The van der Waals surface area contributed by atoms with E-state index in [-0.39, 0.29) is 17.7 Å². The second-order valence-electron chi connectivity index (χ2n) is 4.51. The molecule has 1 amide bonds. The van der Waals surface area contributed by atoms with Crippen LogP contribution in [0.15, 0.2) is 33.6 Å². The van der Waals surface area contributed by atoms with E-state index >= 15 is 0 Å². The van der Waals surface area contributed by atoms with Crippen molar-refractivity contribution in [3.05, 3.63) is 41.6 Å². The minimum Gasteiger partial charge on any atom is -0.424 e. The first-order valence-corrected chi connectivity index (χ1v) is 7.22. The van der Waals surface area contributed by atoms with Gasteiger partial charge in [0.15, 0.2) is 0 Å². The highest BCUT2D eigenvalue weighted by atomic mass is 32.2. The van der Waals surface area contributed by atoms with Gasteiger partial charge in [0.25, 0.3) is 0 Å². The minimum absolute atomic E-state index is 0.0496. The molecule has 0 radical (unpaired) electrons. The summed E-state index contributed by atoms with van der Waals surface area (Å²) in [6.07, 6.45) is 0. The van der Waals surface area contributed by atoms with Crippen LogP contribution in [0.5, 0.6) is 0 Å². The third kappa shape index (κ3) is 4.09. The molecule has 0 aliphatic rings. The molecule has 106 valence electrons. The molecule has 0 spiro atoms. The molecule has 2 rings (SSSR count). The second-order valence-corrected chi connectivity index (χ2v) is 5.92. The zero-order valence-corrected chi connectivity index (χ0v) is 12.5. The number of aromatic nitrogens is 2. The van der Waals surface area contributed by atoms with Gasteiger partial charge >= 0.3 is 0 Å². The molecule has 0 saturated heterocycles. The van der Waals surface area contributed by atoms with E-state index in [0.717, 1.165) is 4.90 Å². The molecule has 0 aliphatic carbocycles. The van der Waals surface area contributed by atoms with Crippen LogP contribution in [0.25, 0.3) is 0 Å². The lowest BCUT2D eigenvalue weighted by molar-refractivity contribution is -0.120. The van der Waals surface area contributed by atoms with E-state index in [1.165, 1.54) is 17.3 Å². The van der Waals surface area contributed by atoms with Gasteiger partial charge in [0.1, 0.15) is 0 Å². The summed E-state index contributed by atoms with van der Waals surface area (Å²) in [7, 11) is 0. The first-order valence-electron chi connectivity index (χ1n) is 6.34. The maximum Gasteiger partial charge on any atom is 0.235 e. The van der Waals surface area contributed by atoms with Crippen molar-refractivity contribution in [2.24, 2.45) is 0 Å². The van der Waals surface area contributed by atoms with Crippen LogP contribution < -0.4 is 5.32 Å². The Kier molecular flexibility index (Phi) is 4.79. The van der Waals surface area contributed by atoms with E-state index in [1.807, 2.05) is 38.1 Å². The number of carbonyl (C=O) groups excluding carboxylic acids is 1. The van der Waals surface area contributed by atoms with Crippen LogP contribution in [-0.4, -0.2) is 21.4 Å². The molecule has 1 unspecified atom stereocenters. The Balaban J connectivity index is 1.84. The lowest BCUT2D eigenvalue weighted by Gasteiger charge is -2.11. The van der Waals surface area contributed by atoms with Gasteiger partial charge in [0.2, 0.25) is 17.7 Å². The van der Waals surface area contributed by atoms with Crippen LogP contribution >= 0.6 is 11.8 Å². The molecule has 0 saturated carbocycles. The summed E-state index contributed by atoms with van der Waals surface area (Å²) in [4.78, 5) is 13.0. The molecule has 1 atom stereocenters. The van der Waals surface area contributed by atoms with E-state index in [0.29, 0.717) is 11.8 Å². The number of nitrogens with zero attached hydrogens (tertiary/aromatic N) is 2. The molecule has 1 aromatic carbocycles. The molecule has 0 bridgehead atoms. The Hall–Kier alpha value is -1.82. The quantitative estimate of drug-likeness (QED) is 0.857. The van der Waals surface area contributed by atoms with Gasteiger partial charge in [-0.1, -0.05) is 17.7 Å². The number of hydrogen-bond acceptors (Lipinski definition) is 5. The van der Waals surface area contributed by atoms with E-state index in [4.69, 9.17) is 4.42 Å². The topological polar surface area (TPSA) is 68.0 Å². The zero-order chi connectivity index (χ0) is 14.5. The van der Waals surface area contributed by atoms with E-state index in [9.17, 15) is 4.79 Å². The highest BCUT2D eigenvalue weighted by Gasteiger charge is 2.15. The van der Waals surface area contributed by atoms with Crippen molar-refractivity contribution >= 4 is 17.7 Å². The fourth-order valence-corrected chi connectivity index (χ4v) is 2.48. The van der Waals surface area contributed by atoms with Crippen molar-refractivity contribution < 1.29 is 9.21 Å². The van der Waals surface area contributed by atoms with E-state index in [2.05, 4.69) is 15.5 Å². The summed E-state index contributed by atoms with van der Waals surface area (Å²) >= 11 is 1.52. The summed E-state index contributed by atoms with van der Waals surface area (Å²) in [5, 5.41) is 10.2. The van der Waals surface area contributed by atoms with Gasteiger partial charge in [-0.3, -0.25) is 4.79 Å². The average Bonchev–Trinajstić information content (AvgIpc) is 2.84. The van der Waals surface area contributed by atoms with Crippen molar-refractivity contribution in [3.63, 3.8) is 0 Å². The van der Waals surface area contributed by atoms with Crippen molar-refractivity contribution in [3.8, 4) is 0 Å². The minimum atomic E-state index is -0.179. The molecule has 0 aliphatic heterocycles. The predicted octanol–water partition coefficient (Wildman–Crippen LogP) is 2.48. The molecular formula is C14H17N3O2S. The summed E-state index contributed by atoms with van der Waals surface area (Å²) < 4.78 is 5.20. The van der Waals surface area contributed by atoms with Gasteiger partial charge in [-0.2, -0.15) is 0 Å². The number of aryl methyl sites for hydroxylation is 2. The second kappa shape index (κ2) is 6.56. The Morgan fingerprint density at radius 1 is 1.30 bits per heavy atom. The van der Waals surface area contributed by atoms with Crippen LogP contribution in [0.4, 0.5) is 0 Å². The molecule has 1 N–H and O–H groups in total. The summed E-state index contributed by atoms with van der Waals surface area (Å²) in [5.74, 6) is 0.867. The Bertz CT molecular complexity index is 580. The van der Waals surface area contributed by atoms with Gasteiger partial charge in [-0.05, 0) is 26.0 Å². The predicted molar refractivity (Wildman–Crippen MR) is 77.4 cm³/mol. The van der Waals surface area contributed by atoms with Crippen molar-refractivity contribution in [2.45, 2.75) is 37.5 Å². The van der Waals surface area contributed by atoms with Crippen LogP contribution in [0.2, 0.25) is 0 Å². The van der Waals surface area contributed by atoms with E-state index in [1.54, 1.807) is 6.92 Å². The molecular weight excluding hydrogens is 274 g/mol. The molecule has 1 aromatic heterocycles. The van der Waals surface area contributed by atoms with Crippen LogP contribution in [0.3, 0.4) is 0 Å². The van der Waals surface area contributed by atoms with Crippen LogP contribution in [0, 0.1) is 13.8 Å². The summed E-state index contributed by atoms with van der Waals surface area (Å²) in [6.45, 7) is 5.89. The number of rotatable bonds is 5. The maximum absolute atomic E-state index is 12.0. The standard InChI is InChI=1S/C14H17N3O2S/c1-9-4-6-12(7-5-9)20-10(2)14(18)15-8-13-17-16-11(3)19-13/h4-7,10H,8H2,1-3H3,(H,15,18). The summed E-state index contributed by atoms with van der Waals surface area (Å²) in [6, 6.07) is 8.11. The number of nitrogens with one attached hydrogen (secondary N) is 1. The Morgan fingerprint density at radius 2 is 2.00 bits per heavy atom. The largest absolute Gasteiger partial charge is 0.424 e. The van der Waals surface area contributed by atoms with E-state index < -0.39 is 0 Å². The van der Waals surface area contributed by atoms with Crippen molar-refractivity contribution in [1.29, 1.82) is 0 Å². The number of carbonyl (C=O) groups is 1. The molecule has 20 heavy (non-hydrogen) atoms. The third-order valence-corrected chi connectivity index (χ3v) is 3.80. The Morgan fingerprint density at radius 3 is 2.60 bits per heavy atom. The molecule has 0 fully saturated rings. The fourth-order valence-electron chi connectivity index (χ4n) is 1.59. The smallest absolute Gasteiger partial charge is 0.235 e. The molecule has 5 nitrogen and oxygen atoms in total. The highest BCUT2D eigenvalue weighted by Crippen LogP contribution is 2.23. The SMILES string of the molecule is Cc1ccc(SC(C)C(=O)NCc2nnc(C)o2)cc1. The van der Waals surface area contributed by atoms with Gasteiger partial charge in [-0.15, -0.1) is 22.0 Å². The average molecular weight is 291 g/mol. The highest BCUT2D eigenvalue weighted by molar-refractivity contribution is 8.00. The molecule has 6 heteroatoms. The summed E-state index contributed by atoms with van der Waals surface area (Å²) in [5.41, 5.74) is 1.21. The van der Waals surface area contributed by atoms with Gasteiger partial charge in [-0.25, -0.2) is 0 Å². The van der Waals surface area contributed by atoms with Crippen LogP contribution in [-0.2, 0) is 11.3 Å². The molecule has 2 aromatic rings. The van der Waals surface area contributed by atoms with Crippen molar-refractivity contribution in [1.82, 2.24) is 15.5 Å². The first-order chi connectivity index (χ1) is 9.54. The van der Waals surface area contributed by atoms with Gasteiger partial charge < -0.3 is 9.73 Å². The van der Waals surface area contributed by atoms with Gasteiger partial charge in [0, 0.05) is 11.8 Å². The molecule has 1 heterocycles. The number of amides is 1. The monoisotopic (exact) mass is 291 g/mol. The lowest BCUT2D eigenvalue weighted by atomic mass is 10.2. The number of hydrogen-bond donors (Lipinski definition) is 1. The normalized spacial score (nSPS) is 12.2. The maximum atomic E-state index is 12.0. The van der Waals surface area contributed by atoms with Crippen LogP contribution in [0.1, 0.15) is 24.3 Å². The number of thioether (sulfide) groups is 1. The zero-order valence-electron chi connectivity index (χ0n) is 11.7. The number of benzene rings is 1. The fraction of sp³-hybridized carbons (Fsp3) is 0.357.